The van der Waals surface area contributed by atoms with Crippen molar-refractivity contribution in [1.82, 2.24) is 0 Å². The molecule has 0 aromatic carbocycles. The van der Waals surface area contributed by atoms with E-state index >= 15 is 0 Å². The largest absolute Gasteiger partial charge is 0.545 e. The van der Waals surface area contributed by atoms with E-state index in [0.29, 0.717) is 23.9 Å². The zero-order valence-corrected chi connectivity index (χ0v) is 58.2. The molecule has 0 aliphatic rings. The van der Waals surface area contributed by atoms with Crippen molar-refractivity contribution in [2.24, 2.45) is 0 Å². The van der Waals surface area contributed by atoms with E-state index in [-0.39, 0.29) is 32.2 Å². The van der Waals surface area contributed by atoms with Crippen LogP contribution >= 0.6 is 0 Å². The first-order chi connectivity index (χ1) is 42.6. The van der Waals surface area contributed by atoms with Crippen LogP contribution in [0.1, 0.15) is 361 Å². The molecular weight excluding hydrogens is 1080 g/mol. The molecule has 0 aliphatic heterocycles. The lowest BCUT2D eigenvalue weighted by molar-refractivity contribution is -0.870. The third-order valence-electron chi connectivity index (χ3n) is 16.7. The number of aliphatic carboxylic acids is 1. The normalized spacial score (nSPS) is 13.0. The number of carboxylic acids is 1. The molecular formula is C78H143NO8. The second kappa shape index (κ2) is 68.9. The van der Waals surface area contributed by atoms with Gasteiger partial charge in [-0.2, -0.15) is 0 Å². The maximum atomic E-state index is 12.9. The lowest BCUT2D eigenvalue weighted by atomic mass is 10.0. The van der Waals surface area contributed by atoms with Gasteiger partial charge in [0.05, 0.1) is 40.3 Å². The number of allylic oxidation sites excluding steroid dienone is 10. The fourth-order valence-corrected chi connectivity index (χ4v) is 11.0. The predicted octanol–water partition coefficient (Wildman–Crippen LogP) is 22.1. The number of carboxylic acid groups (broad SMARTS) is 1. The number of likely N-dealkylation sites (N-methyl/N-ethyl adjacent to an activating group) is 1. The number of ether oxygens (including phenoxy) is 4. The van der Waals surface area contributed by atoms with Gasteiger partial charge in [0.2, 0.25) is 0 Å². The van der Waals surface area contributed by atoms with Crippen LogP contribution in [0.3, 0.4) is 0 Å². The molecule has 9 nitrogen and oxygen atoms in total. The molecule has 0 bridgehead atoms. The van der Waals surface area contributed by atoms with Crippen LogP contribution in [0.5, 0.6) is 0 Å². The molecule has 0 N–H and O–H groups in total. The standard InChI is InChI=1S/C78H143NO8/c1-6-8-10-12-14-16-18-20-22-24-26-28-30-32-34-35-36-37-38-39-40-41-43-44-46-48-50-52-54-56-58-60-62-64-66-68-75(80)85-72-74(73-86-78(77(82)83)84-71-70-79(3,4)5)87-76(81)69-67-65-63-61-59-57-55-53-51-49-47-45-42-33-31-29-27-25-23-21-19-17-15-13-11-9-7-2/h18-21,24-27,31,33,74,78H,6-17,22-23,28-30,32,34-73H2,1-5H3/b20-18-,21-19-,26-24-,27-25-,33-31-. The minimum absolute atomic E-state index is 0.148. The van der Waals surface area contributed by atoms with Crippen LogP contribution in [0.25, 0.3) is 0 Å². The Bertz CT molecular complexity index is 1610. The van der Waals surface area contributed by atoms with Crippen LogP contribution in [0, 0.1) is 0 Å². The van der Waals surface area contributed by atoms with Crippen molar-refractivity contribution in [1.29, 1.82) is 0 Å². The van der Waals surface area contributed by atoms with Crippen molar-refractivity contribution in [3.05, 3.63) is 60.8 Å². The number of quaternary nitrogens is 1. The molecule has 508 valence electrons. The predicted molar refractivity (Wildman–Crippen MR) is 371 cm³/mol. The van der Waals surface area contributed by atoms with Crippen LogP contribution in [-0.2, 0) is 33.3 Å². The van der Waals surface area contributed by atoms with Crippen LogP contribution in [0.4, 0.5) is 0 Å². The van der Waals surface area contributed by atoms with Gasteiger partial charge >= 0.3 is 11.9 Å². The first-order valence-corrected chi connectivity index (χ1v) is 37.4. The molecule has 0 fully saturated rings. The molecule has 0 aromatic rings. The number of unbranched alkanes of at least 4 members (excludes halogenated alkanes) is 45. The number of carbonyl (C=O) groups is 3. The summed E-state index contributed by atoms with van der Waals surface area (Å²) in [5.74, 6) is -2.26. The molecule has 0 aromatic heterocycles. The minimum atomic E-state index is -1.62. The Balaban J connectivity index is 4.03. The minimum Gasteiger partial charge on any atom is -0.545 e. The fourth-order valence-electron chi connectivity index (χ4n) is 11.0. The SMILES string of the molecule is CCCCCCC/C=C\C/C=C\C/C=C\CCCCCCCCCCCCCCC(=O)OC(COC(=O)CCCCCCCCCCCCCCCCCCCCCCCCC/C=C\C/C=C\CCCCCCC)COC(OCC[N+](C)(C)C)C(=O)[O-]. The van der Waals surface area contributed by atoms with Crippen LogP contribution in [0.15, 0.2) is 60.8 Å². The van der Waals surface area contributed by atoms with Gasteiger partial charge in [-0.15, -0.1) is 0 Å². The first-order valence-electron chi connectivity index (χ1n) is 37.4. The van der Waals surface area contributed by atoms with Gasteiger partial charge in [0.25, 0.3) is 0 Å². The van der Waals surface area contributed by atoms with Crippen molar-refractivity contribution >= 4 is 17.9 Å². The molecule has 87 heavy (non-hydrogen) atoms. The highest BCUT2D eigenvalue weighted by atomic mass is 16.7. The molecule has 0 rings (SSSR count). The Hall–Kier alpha value is -3.01. The van der Waals surface area contributed by atoms with Gasteiger partial charge in [-0.1, -0.05) is 325 Å². The molecule has 0 heterocycles. The van der Waals surface area contributed by atoms with Gasteiger partial charge in [-0.25, -0.2) is 0 Å². The third kappa shape index (κ3) is 70.3. The molecule has 0 radical (unpaired) electrons. The van der Waals surface area contributed by atoms with Gasteiger partial charge in [0.15, 0.2) is 12.4 Å². The van der Waals surface area contributed by atoms with Crippen molar-refractivity contribution in [3.8, 4) is 0 Å². The highest BCUT2D eigenvalue weighted by Crippen LogP contribution is 2.19. The van der Waals surface area contributed by atoms with Crippen LogP contribution in [0.2, 0.25) is 0 Å². The van der Waals surface area contributed by atoms with E-state index in [9.17, 15) is 19.5 Å². The zero-order valence-electron chi connectivity index (χ0n) is 58.2. The summed E-state index contributed by atoms with van der Waals surface area (Å²) in [6.07, 6.45) is 87.5. The number of nitrogens with zero attached hydrogens (tertiary/aromatic N) is 1. The first kappa shape index (κ1) is 84.0. The summed E-state index contributed by atoms with van der Waals surface area (Å²) in [6, 6.07) is 0. The fraction of sp³-hybridized carbons (Fsp3) is 0.833. The molecule has 0 saturated carbocycles. The molecule has 0 spiro atoms. The summed E-state index contributed by atoms with van der Waals surface area (Å²) in [7, 11) is 5.94. The molecule has 2 unspecified atom stereocenters. The van der Waals surface area contributed by atoms with Crippen molar-refractivity contribution in [2.45, 2.75) is 373 Å². The Kier molecular flexibility index (Phi) is 66.5. The van der Waals surface area contributed by atoms with E-state index in [1.807, 2.05) is 21.1 Å². The summed E-state index contributed by atoms with van der Waals surface area (Å²) in [5.41, 5.74) is 0. The lowest BCUT2D eigenvalue weighted by Gasteiger charge is -2.26. The Labute approximate surface area is 539 Å². The quantitative estimate of drug-likeness (QED) is 0.0195. The smallest absolute Gasteiger partial charge is 0.306 e. The lowest BCUT2D eigenvalue weighted by Crippen LogP contribution is -2.44. The summed E-state index contributed by atoms with van der Waals surface area (Å²) in [5, 5.41) is 11.8. The summed E-state index contributed by atoms with van der Waals surface area (Å²) in [6.45, 7) is 4.78. The third-order valence-corrected chi connectivity index (χ3v) is 16.7. The van der Waals surface area contributed by atoms with Crippen molar-refractivity contribution < 1.29 is 42.9 Å². The van der Waals surface area contributed by atoms with Crippen molar-refractivity contribution in [2.75, 3.05) is 47.5 Å². The Morgan fingerprint density at radius 1 is 0.345 bits per heavy atom. The Morgan fingerprint density at radius 2 is 0.621 bits per heavy atom. The number of esters is 2. The molecule has 9 heteroatoms. The van der Waals surface area contributed by atoms with Crippen molar-refractivity contribution in [3.63, 3.8) is 0 Å². The average molecular weight is 1220 g/mol. The number of carbonyl (C=O) groups excluding carboxylic acids is 3. The highest BCUT2D eigenvalue weighted by Gasteiger charge is 2.22. The van der Waals surface area contributed by atoms with E-state index in [0.717, 1.165) is 57.8 Å². The number of rotatable bonds is 70. The van der Waals surface area contributed by atoms with Gasteiger partial charge in [-0.3, -0.25) is 9.59 Å². The van der Waals surface area contributed by atoms with Crippen LogP contribution in [-0.4, -0.2) is 82.3 Å². The monoisotopic (exact) mass is 1220 g/mol. The van der Waals surface area contributed by atoms with E-state index in [1.54, 1.807) is 0 Å². The second-order valence-electron chi connectivity index (χ2n) is 26.6. The average Bonchev–Trinajstić information content (AvgIpc) is 3.56. The zero-order chi connectivity index (χ0) is 63.3. The molecule has 2 atom stereocenters. The molecule has 0 amide bonds. The van der Waals surface area contributed by atoms with Gasteiger partial charge < -0.3 is 33.3 Å². The highest BCUT2D eigenvalue weighted by molar-refractivity contribution is 5.70. The van der Waals surface area contributed by atoms with Gasteiger partial charge in [0.1, 0.15) is 13.2 Å². The summed E-state index contributed by atoms with van der Waals surface area (Å²) >= 11 is 0. The maximum Gasteiger partial charge on any atom is 0.306 e. The Morgan fingerprint density at radius 3 is 0.920 bits per heavy atom. The molecule has 0 saturated heterocycles. The maximum absolute atomic E-state index is 12.9. The van der Waals surface area contributed by atoms with Gasteiger partial charge in [0, 0.05) is 12.8 Å². The van der Waals surface area contributed by atoms with Gasteiger partial charge in [-0.05, 0) is 83.5 Å². The van der Waals surface area contributed by atoms with E-state index < -0.39 is 24.3 Å². The van der Waals surface area contributed by atoms with E-state index in [2.05, 4.69) is 74.6 Å². The van der Waals surface area contributed by atoms with E-state index in [1.165, 1.54) is 270 Å². The number of hydrogen-bond donors (Lipinski definition) is 0. The molecule has 0 aliphatic carbocycles. The summed E-state index contributed by atoms with van der Waals surface area (Å²) in [4.78, 5) is 37.5. The van der Waals surface area contributed by atoms with E-state index in [4.69, 9.17) is 18.9 Å². The topological polar surface area (TPSA) is 111 Å². The van der Waals surface area contributed by atoms with Crippen LogP contribution < -0.4 is 5.11 Å². The second-order valence-corrected chi connectivity index (χ2v) is 26.6. The summed E-state index contributed by atoms with van der Waals surface area (Å²) < 4.78 is 22.8. The number of hydrogen-bond acceptors (Lipinski definition) is 8.